The molecule has 144 valence electrons. The second-order valence-electron chi connectivity index (χ2n) is 7.24. The Balaban J connectivity index is 1.57. The van der Waals surface area contributed by atoms with Gasteiger partial charge in [-0.15, -0.1) is 0 Å². The number of para-hydroxylation sites is 2. The van der Waals surface area contributed by atoms with Gasteiger partial charge >= 0.3 is 0 Å². The molecule has 6 heteroatoms. The predicted molar refractivity (Wildman–Crippen MR) is 112 cm³/mol. The standard InChI is InChI=1S/C23H18ClN3O2/c24-15-9-10-21(28)17(11-15)18(22-25-19-7-3-4-8-20(19)26-22)13-27-12-14-5-1-2-6-16(14)23(27)29/h1-11,18,28H,12-13H2,(H,25,26). The van der Waals surface area contributed by atoms with E-state index in [2.05, 4.69) is 4.98 Å². The summed E-state index contributed by atoms with van der Waals surface area (Å²) in [5, 5.41) is 11.1. The third-order valence-electron chi connectivity index (χ3n) is 5.40. The van der Waals surface area contributed by atoms with Crippen LogP contribution in [-0.2, 0) is 6.54 Å². The molecule has 0 saturated carbocycles. The summed E-state index contributed by atoms with van der Waals surface area (Å²) in [4.78, 5) is 22.8. The van der Waals surface area contributed by atoms with Crippen molar-refractivity contribution in [3.8, 4) is 5.75 Å². The summed E-state index contributed by atoms with van der Waals surface area (Å²) < 4.78 is 0. The van der Waals surface area contributed by atoms with Gasteiger partial charge in [0, 0.05) is 29.2 Å². The number of aromatic amines is 1. The molecule has 5 rings (SSSR count). The van der Waals surface area contributed by atoms with E-state index in [1.54, 1.807) is 23.1 Å². The van der Waals surface area contributed by atoms with E-state index in [9.17, 15) is 9.90 Å². The van der Waals surface area contributed by atoms with Crippen LogP contribution in [0.1, 0.15) is 33.2 Å². The highest BCUT2D eigenvalue weighted by atomic mass is 35.5. The van der Waals surface area contributed by atoms with Crippen LogP contribution < -0.4 is 0 Å². The Morgan fingerprint density at radius 1 is 1.10 bits per heavy atom. The number of halogens is 1. The Kier molecular flexibility index (Phi) is 4.25. The van der Waals surface area contributed by atoms with E-state index in [1.807, 2.05) is 48.5 Å². The highest BCUT2D eigenvalue weighted by molar-refractivity contribution is 6.30. The van der Waals surface area contributed by atoms with Gasteiger partial charge in [0.1, 0.15) is 11.6 Å². The van der Waals surface area contributed by atoms with E-state index < -0.39 is 0 Å². The number of imidazole rings is 1. The molecule has 1 atom stereocenters. The zero-order valence-electron chi connectivity index (χ0n) is 15.5. The molecule has 1 aliphatic heterocycles. The zero-order valence-corrected chi connectivity index (χ0v) is 16.2. The summed E-state index contributed by atoms with van der Waals surface area (Å²) in [6.45, 7) is 0.911. The number of H-pyrrole nitrogens is 1. The molecule has 3 aromatic carbocycles. The fourth-order valence-corrected chi connectivity index (χ4v) is 4.14. The molecular formula is C23H18ClN3O2. The lowest BCUT2D eigenvalue weighted by Gasteiger charge is -2.23. The van der Waals surface area contributed by atoms with Gasteiger partial charge in [0.2, 0.25) is 0 Å². The van der Waals surface area contributed by atoms with E-state index in [-0.39, 0.29) is 17.6 Å². The van der Waals surface area contributed by atoms with Crippen molar-refractivity contribution >= 4 is 28.5 Å². The molecule has 4 aromatic rings. The maximum atomic E-state index is 12.9. The number of amides is 1. The average molecular weight is 404 g/mol. The summed E-state index contributed by atoms with van der Waals surface area (Å²) in [7, 11) is 0. The topological polar surface area (TPSA) is 69.2 Å². The Labute approximate surface area is 172 Å². The van der Waals surface area contributed by atoms with E-state index in [0.29, 0.717) is 29.5 Å². The van der Waals surface area contributed by atoms with Gasteiger partial charge in [-0.25, -0.2) is 4.98 Å². The van der Waals surface area contributed by atoms with Crippen molar-refractivity contribution in [3.05, 3.63) is 94.3 Å². The van der Waals surface area contributed by atoms with Crippen molar-refractivity contribution in [2.75, 3.05) is 6.54 Å². The Morgan fingerprint density at radius 3 is 2.72 bits per heavy atom. The summed E-state index contributed by atoms with van der Waals surface area (Å²) in [5.74, 6) is 0.458. The number of phenols is 1. The predicted octanol–water partition coefficient (Wildman–Crippen LogP) is 4.71. The lowest BCUT2D eigenvalue weighted by Crippen LogP contribution is -2.30. The number of phenolic OH excluding ortho intramolecular Hbond substituents is 1. The lowest BCUT2D eigenvalue weighted by atomic mass is 9.96. The molecule has 2 heterocycles. The number of carbonyl (C=O) groups excluding carboxylic acids is 1. The SMILES string of the molecule is O=C1c2ccccc2CN1CC(c1nc2ccccc2[nH]1)c1cc(Cl)ccc1O. The molecular weight excluding hydrogens is 386 g/mol. The van der Waals surface area contributed by atoms with Crippen molar-refractivity contribution in [1.29, 1.82) is 0 Å². The molecule has 0 radical (unpaired) electrons. The first-order valence-corrected chi connectivity index (χ1v) is 9.78. The second kappa shape index (κ2) is 6.94. The van der Waals surface area contributed by atoms with Crippen LogP contribution in [0.5, 0.6) is 5.75 Å². The number of aromatic hydroxyl groups is 1. The summed E-state index contributed by atoms with van der Waals surface area (Å²) in [6.07, 6.45) is 0. The Morgan fingerprint density at radius 2 is 1.90 bits per heavy atom. The normalized spacial score (nSPS) is 14.4. The van der Waals surface area contributed by atoms with Gasteiger partial charge in [-0.05, 0) is 42.0 Å². The first-order valence-electron chi connectivity index (χ1n) is 9.40. The number of rotatable bonds is 4. The molecule has 0 aliphatic carbocycles. The van der Waals surface area contributed by atoms with Gasteiger partial charge in [-0.2, -0.15) is 0 Å². The molecule has 1 aromatic heterocycles. The van der Waals surface area contributed by atoms with E-state index in [0.717, 1.165) is 22.2 Å². The van der Waals surface area contributed by atoms with Gasteiger partial charge in [0.05, 0.1) is 17.0 Å². The summed E-state index contributed by atoms with van der Waals surface area (Å²) >= 11 is 6.22. The van der Waals surface area contributed by atoms with Gasteiger partial charge in [-0.1, -0.05) is 41.9 Å². The fourth-order valence-electron chi connectivity index (χ4n) is 3.96. The lowest BCUT2D eigenvalue weighted by molar-refractivity contribution is 0.0772. The maximum absolute atomic E-state index is 12.9. The van der Waals surface area contributed by atoms with Crippen molar-refractivity contribution in [3.63, 3.8) is 0 Å². The van der Waals surface area contributed by atoms with Gasteiger partial charge < -0.3 is 15.0 Å². The third-order valence-corrected chi connectivity index (χ3v) is 5.64. The monoisotopic (exact) mass is 403 g/mol. The first-order chi connectivity index (χ1) is 14.1. The number of benzene rings is 3. The number of fused-ring (bicyclic) bond motifs is 2. The quantitative estimate of drug-likeness (QED) is 0.518. The Hall–Kier alpha value is -3.31. The van der Waals surface area contributed by atoms with Crippen LogP contribution in [0, 0.1) is 0 Å². The van der Waals surface area contributed by atoms with Crippen molar-refractivity contribution < 1.29 is 9.90 Å². The minimum absolute atomic E-state index is 0.0109. The fraction of sp³-hybridized carbons (Fsp3) is 0.130. The molecule has 1 amide bonds. The smallest absolute Gasteiger partial charge is 0.254 e. The van der Waals surface area contributed by atoms with Gasteiger partial charge in [0.25, 0.3) is 5.91 Å². The summed E-state index contributed by atoms with van der Waals surface area (Å²) in [6, 6.07) is 20.4. The molecule has 1 aliphatic rings. The molecule has 0 bridgehead atoms. The molecule has 5 nitrogen and oxygen atoms in total. The van der Waals surface area contributed by atoms with Crippen LogP contribution in [0.3, 0.4) is 0 Å². The minimum atomic E-state index is -0.348. The molecule has 0 fully saturated rings. The van der Waals surface area contributed by atoms with Crippen molar-refractivity contribution in [1.82, 2.24) is 14.9 Å². The largest absolute Gasteiger partial charge is 0.508 e. The highest BCUT2D eigenvalue weighted by Gasteiger charge is 2.32. The molecule has 29 heavy (non-hydrogen) atoms. The van der Waals surface area contributed by atoms with Crippen LogP contribution in [-0.4, -0.2) is 32.4 Å². The number of aromatic nitrogens is 2. The average Bonchev–Trinajstić information content (AvgIpc) is 3.29. The van der Waals surface area contributed by atoms with Crippen LogP contribution in [0.25, 0.3) is 11.0 Å². The second-order valence-corrected chi connectivity index (χ2v) is 7.67. The Bertz CT molecular complexity index is 1200. The van der Waals surface area contributed by atoms with Crippen molar-refractivity contribution in [2.24, 2.45) is 0 Å². The third kappa shape index (κ3) is 3.13. The van der Waals surface area contributed by atoms with E-state index >= 15 is 0 Å². The molecule has 2 N–H and O–H groups in total. The van der Waals surface area contributed by atoms with Crippen LogP contribution in [0.4, 0.5) is 0 Å². The zero-order chi connectivity index (χ0) is 20.0. The van der Waals surface area contributed by atoms with E-state index in [1.165, 1.54) is 0 Å². The number of hydrogen-bond acceptors (Lipinski definition) is 3. The highest BCUT2D eigenvalue weighted by Crippen LogP contribution is 2.35. The van der Waals surface area contributed by atoms with Crippen LogP contribution in [0.2, 0.25) is 5.02 Å². The number of nitrogens with one attached hydrogen (secondary N) is 1. The number of hydrogen-bond donors (Lipinski definition) is 2. The van der Waals surface area contributed by atoms with E-state index in [4.69, 9.17) is 16.6 Å². The molecule has 1 unspecified atom stereocenters. The van der Waals surface area contributed by atoms with Gasteiger partial charge in [0.15, 0.2) is 0 Å². The molecule has 0 saturated heterocycles. The van der Waals surface area contributed by atoms with Crippen molar-refractivity contribution in [2.45, 2.75) is 12.5 Å². The molecule has 0 spiro atoms. The summed E-state index contributed by atoms with van der Waals surface area (Å²) in [5.41, 5.74) is 4.12. The van der Waals surface area contributed by atoms with Crippen LogP contribution >= 0.6 is 11.6 Å². The number of carbonyl (C=O) groups is 1. The number of nitrogens with zero attached hydrogens (tertiary/aromatic N) is 2. The van der Waals surface area contributed by atoms with Crippen LogP contribution in [0.15, 0.2) is 66.7 Å². The minimum Gasteiger partial charge on any atom is -0.508 e. The maximum Gasteiger partial charge on any atom is 0.254 e. The van der Waals surface area contributed by atoms with Gasteiger partial charge in [-0.3, -0.25) is 4.79 Å². The first kappa shape index (κ1) is 17.8.